The van der Waals surface area contributed by atoms with E-state index in [0.717, 1.165) is 32.5 Å². The minimum absolute atomic E-state index is 0.0328. The summed E-state index contributed by atoms with van der Waals surface area (Å²) < 4.78 is 0. The van der Waals surface area contributed by atoms with Crippen molar-refractivity contribution in [1.29, 1.82) is 5.26 Å². The zero-order valence-corrected chi connectivity index (χ0v) is 8.91. The maximum Gasteiger partial charge on any atom is 0.236 e. The van der Waals surface area contributed by atoms with E-state index < -0.39 is 0 Å². The molecule has 1 heterocycles. The van der Waals surface area contributed by atoms with Gasteiger partial charge in [-0.2, -0.15) is 5.26 Å². The van der Waals surface area contributed by atoms with Crippen molar-refractivity contribution in [3.05, 3.63) is 0 Å². The minimum atomic E-state index is 0.0328. The highest BCUT2D eigenvalue weighted by molar-refractivity contribution is 5.78. The molecule has 1 aliphatic rings. The lowest BCUT2D eigenvalue weighted by Crippen LogP contribution is -2.46. The van der Waals surface area contributed by atoms with E-state index in [1.165, 1.54) is 0 Å². The van der Waals surface area contributed by atoms with Crippen molar-refractivity contribution in [3.63, 3.8) is 0 Å². The van der Waals surface area contributed by atoms with Crippen molar-refractivity contribution in [2.75, 3.05) is 26.2 Å². The fourth-order valence-corrected chi connectivity index (χ4v) is 1.79. The maximum atomic E-state index is 11.3. The van der Waals surface area contributed by atoms with Crippen LogP contribution in [-0.2, 0) is 4.79 Å². The highest BCUT2D eigenvalue weighted by atomic mass is 16.2. The Morgan fingerprint density at radius 2 is 2.20 bits per heavy atom. The van der Waals surface area contributed by atoms with Gasteiger partial charge in [-0.1, -0.05) is 0 Å². The van der Waals surface area contributed by atoms with E-state index >= 15 is 0 Å². The molecule has 0 unspecified atom stereocenters. The average Bonchev–Trinajstić information content (AvgIpc) is 2.29. The second kappa shape index (κ2) is 6.38. The van der Waals surface area contributed by atoms with Gasteiger partial charge in [0.05, 0.1) is 12.6 Å². The van der Waals surface area contributed by atoms with Gasteiger partial charge in [0.15, 0.2) is 0 Å². The van der Waals surface area contributed by atoms with E-state index in [2.05, 4.69) is 11.4 Å². The number of amides is 1. The summed E-state index contributed by atoms with van der Waals surface area (Å²) in [4.78, 5) is 13.1. The lowest BCUT2D eigenvalue weighted by Gasteiger charge is -2.32. The van der Waals surface area contributed by atoms with Crippen molar-refractivity contribution in [1.82, 2.24) is 10.2 Å². The van der Waals surface area contributed by atoms with Crippen LogP contribution in [0.4, 0.5) is 0 Å². The first-order valence-corrected chi connectivity index (χ1v) is 5.36. The third kappa shape index (κ3) is 3.86. The Morgan fingerprint density at radius 3 is 2.73 bits per heavy atom. The summed E-state index contributed by atoms with van der Waals surface area (Å²) in [5, 5.41) is 11.7. The molecule has 1 saturated heterocycles. The fourth-order valence-electron chi connectivity index (χ4n) is 1.79. The normalized spacial score (nSPS) is 17.5. The van der Waals surface area contributed by atoms with Crippen LogP contribution in [0.2, 0.25) is 0 Å². The van der Waals surface area contributed by atoms with Crippen LogP contribution in [0.5, 0.6) is 0 Å². The maximum absolute atomic E-state index is 11.3. The number of carbonyl (C=O) groups excluding carboxylic acids is 1. The predicted octanol–water partition coefficient (Wildman–Crippen LogP) is -0.561. The van der Waals surface area contributed by atoms with Crippen LogP contribution in [0.1, 0.15) is 19.3 Å². The molecule has 0 aromatic carbocycles. The van der Waals surface area contributed by atoms with Crippen molar-refractivity contribution >= 4 is 5.91 Å². The zero-order chi connectivity index (χ0) is 11.1. The Kier molecular flexibility index (Phi) is 5.08. The van der Waals surface area contributed by atoms with Gasteiger partial charge in [-0.3, -0.25) is 4.79 Å². The van der Waals surface area contributed by atoms with Crippen LogP contribution >= 0.6 is 0 Å². The van der Waals surface area contributed by atoms with Gasteiger partial charge in [0.25, 0.3) is 0 Å². The monoisotopic (exact) mass is 210 g/mol. The van der Waals surface area contributed by atoms with Gasteiger partial charge in [-0.25, -0.2) is 0 Å². The molecule has 0 aliphatic carbocycles. The summed E-state index contributed by atoms with van der Waals surface area (Å²) >= 11 is 0. The van der Waals surface area contributed by atoms with E-state index in [1.807, 2.05) is 4.90 Å². The number of carbonyl (C=O) groups is 1. The van der Waals surface area contributed by atoms with Gasteiger partial charge in [0.2, 0.25) is 5.91 Å². The van der Waals surface area contributed by atoms with Gasteiger partial charge in [-0.05, 0) is 12.8 Å². The lowest BCUT2D eigenvalue weighted by atomic mass is 10.0. The molecule has 0 aromatic heterocycles. The van der Waals surface area contributed by atoms with E-state index in [0.29, 0.717) is 12.5 Å². The topological polar surface area (TPSA) is 82.2 Å². The van der Waals surface area contributed by atoms with Crippen molar-refractivity contribution in [3.8, 4) is 6.07 Å². The molecule has 15 heavy (non-hydrogen) atoms. The van der Waals surface area contributed by atoms with Crippen molar-refractivity contribution in [2.45, 2.75) is 25.3 Å². The number of nitrogens with two attached hydrogens (primary N) is 1. The summed E-state index contributed by atoms with van der Waals surface area (Å²) in [6.45, 7) is 2.40. The molecule has 1 fully saturated rings. The lowest BCUT2D eigenvalue weighted by molar-refractivity contribution is -0.130. The van der Waals surface area contributed by atoms with E-state index in [9.17, 15) is 4.79 Å². The first-order chi connectivity index (χ1) is 7.27. The second-order valence-corrected chi connectivity index (χ2v) is 3.72. The molecule has 5 nitrogen and oxygen atoms in total. The largest absolute Gasteiger partial charge is 0.341 e. The van der Waals surface area contributed by atoms with Crippen LogP contribution < -0.4 is 11.1 Å². The Labute approximate surface area is 90.2 Å². The highest BCUT2D eigenvalue weighted by Crippen LogP contribution is 2.09. The summed E-state index contributed by atoms with van der Waals surface area (Å²) in [7, 11) is 0. The number of nitrogens with one attached hydrogen (secondary N) is 1. The molecule has 3 N–H and O–H groups in total. The molecule has 0 spiro atoms. The van der Waals surface area contributed by atoms with Gasteiger partial charge in [0.1, 0.15) is 0 Å². The molecule has 0 atom stereocenters. The quantitative estimate of drug-likeness (QED) is 0.609. The molecular weight excluding hydrogens is 192 g/mol. The molecule has 0 aromatic rings. The third-order valence-electron chi connectivity index (χ3n) is 2.69. The number of nitrogens with zero attached hydrogens (tertiary/aromatic N) is 2. The van der Waals surface area contributed by atoms with Crippen LogP contribution in [0.15, 0.2) is 0 Å². The van der Waals surface area contributed by atoms with E-state index in [1.54, 1.807) is 0 Å². The van der Waals surface area contributed by atoms with Crippen LogP contribution in [0.3, 0.4) is 0 Å². The Bertz CT molecular complexity index is 240. The summed E-state index contributed by atoms with van der Waals surface area (Å²) in [6.07, 6.45) is 2.45. The summed E-state index contributed by atoms with van der Waals surface area (Å²) in [5.41, 5.74) is 5.29. The Morgan fingerprint density at radius 1 is 1.53 bits per heavy atom. The van der Waals surface area contributed by atoms with Crippen molar-refractivity contribution < 1.29 is 4.79 Å². The number of piperidine rings is 1. The molecule has 1 amide bonds. The molecule has 1 rings (SSSR count). The molecule has 0 radical (unpaired) electrons. The summed E-state index contributed by atoms with van der Waals surface area (Å²) in [5.74, 6) is 0.0328. The fraction of sp³-hybridized carbons (Fsp3) is 0.800. The van der Waals surface area contributed by atoms with Gasteiger partial charge >= 0.3 is 0 Å². The van der Waals surface area contributed by atoms with Gasteiger partial charge < -0.3 is 16.0 Å². The van der Waals surface area contributed by atoms with Crippen molar-refractivity contribution in [2.24, 2.45) is 5.73 Å². The van der Waals surface area contributed by atoms with Crippen LogP contribution in [0.25, 0.3) is 0 Å². The molecule has 84 valence electrons. The number of nitriles is 1. The number of hydrogen-bond acceptors (Lipinski definition) is 4. The SMILES string of the molecule is N#CCCNC1CCN(C(=O)CN)CC1. The first kappa shape index (κ1) is 12.0. The van der Waals surface area contributed by atoms with Crippen LogP contribution in [-0.4, -0.2) is 43.0 Å². The third-order valence-corrected chi connectivity index (χ3v) is 2.69. The van der Waals surface area contributed by atoms with Gasteiger partial charge in [0, 0.05) is 32.1 Å². The zero-order valence-electron chi connectivity index (χ0n) is 8.91. The molecule has 0 bridgehead atoms. The highest BCUT2D eigenvalue weighted by Gasteiger charge is 2.20. The smallest absolute Gasteiger partial charge is 0.236 e. The minimum Gasteiger partial charge on any atom is -0.341 e. The molecular formula is C10H18N4O. The second-order valence-electron chi connectivity index (χ2n) is 3.72. The predicted molar refractivity (Wildman–Crippen MR) is 56.9 cm³/mol. The molecule has 0 saturated carbocycles. The Hall–Kier alpha value is -1.12. The summed E-state index contributed by atoms with van der Waals surface area (Å²) in [6, 6.07) is 2.54. The average molecular weight is 210 g/mol. The van der Waals surface area contributed by atoms with E-state index in [-0.39, 0.29) is 12.5 Å². The molecule has 5 heteroatoms. The number of hydrogen-bond donors (Lipinski definition) is 2. The first-order valence-electron chi connectivity index (χ1n) is 5.36. The van der Waals surface area contributed by atoms with E-state index in [4.69, 9.17) is 11.0 Å². The molecule has 1 aliphatic heterocycles. The van der Waals surface area contributed by atoms with Crippen LogP contribution in [0, 0.1) is 11.3 Å². The number of rotatable bonds is 4. The standard InChI is InChI=1S/C10H18N4O/c11-4-1-5-13-9-2-6-14(7-3-9)10(15)8-12/h9,13H,1-3,5-8,12H2. The Balaban J connectivity index is 2.18. The number of likely N-dealkylation sites (tertiary alicyclic amines) is 1. The van der Waals surface area contributed by atoms with Gasteiger partial charge in [-0.15, -0.1) is 0 Å².